The molecule has 1 aliphatic rings. The molecule has 0 saturated carbocycles. The van der Waals surface area contributed by atoms with E-state index in [1.165, 1.54) is 5.56 Å². The lowest BCUT2D eigenvalue weighted by molar-refractivity contribution is 0.110. The number of rotatable bonds is 4. The van der Waals surface area contributed by atoms with Gasteiger partial charge in [-0.2, -0.15) is 0 Å². The number of aryl methyl sites for hydroxylation is 2. The minimum atomic E-state index is 0. The van der Waals surface area contributed by atoms with Gasteiger partial charge < -0.3 is 15.2 Å². The Morgan fingerprint density at radius 2 is 1.80 bits per heavy atom. The molecule has 20 heavy (non-hydrogen) atoms. The van der Waals surface area contributed by atoms with Crippen molar-refractivity contribution in [2.75, 3.05) is 39.9 Å². The van der Waals surface area contributed by atoms with E-state index >= 15 is 0 Å². The van der Waals surface area contributed by atoms with Crippen molar-refractivity contribution in [3.05, 3.63) is 28.8 Å². The Labute approximate surface area is 127 Å². The molecule has 0 unspecified atom stereocenters. The third-order valence-corrected chi connectivity index (χ3v) is 3.84. The monoisotopic (exact) mass is 300 g/mol. The minimum absolute atomic E-state index is 0. The van der Waals surface area contributed by atoms with Crippen molar-refractivity contribution in [3.63, 3.8) is 0 Å². The number of aliphatic hydroxyl groups excluding tert-OH is 1. The van der Waals surface area contributed by atoms with Gasteiger partial charge in [-0.15, -0.1) is 12.4 Å². The van der Waals surface area contributed by atoms with Crippen molar-refractivity contribution in [2.24, 2.45) is 0 Å². The van der Waals surface area contributed by atoms with Gasteiger partial charge in [-0.3, -0.25) is 4.90 Å². The number of nitrogens with zero attached hydrogens (tertiary/aromatic N) is 1. The second-order valence-corrected chi connectivity index (χ2v) is 5.17. The summed E-state index contributed by atoms with van der Waals surface area (Å²) in [6, 6.07) is 4.36. The lowest BCUT2D eigenvalue weighted by Gasteiger charge is -2.34. The molecule has 114 valence electrons. The van der Waals surface area contributed by atoms with Crippen LogP contribution in [0.15, 0.2) is 12.1 Å². The molecule has 4 nitrogen and oxygen atoms in total. The van der Waals surface area contributed by atoms with Crippen LogP contribution in [-0.2, 0) is 0 Å². The highest BCUT2D eigenvalue weighted by atomic mass is 35.5. The van der Waals surface area contributed by atoms with E-state index in [4.69, 9.17) is 4.74 Å². The Bertz CT molecular complexity index is 411. The molecule has 1 heterocycles. The van der Waals surface area contributed by atoms with E-state index < -0.39 is 0 Å². The molecular formula is C15H25ClN2O2. The Kier molecular flexibility index (Phi) is 6.76. The van der Waals surface area contributed by atoms with Crippen LogP contribution in [0.4, 0.5) is 0 Å². The zero-order valence-corrected chi connectivity index (χ0v) is 13.3. The van der Waals surface area contributed by atoms with Crippen LogP contribution in [0.3, 0.4) is 0 Å². The first kappa shape index (κ1) is 17.2. The first-order valence-electron chi connectivity index (χ1n) is 6.88. The predicted octanol–water partition coefficient (Wildman–Crippen LogP) is 1.67. The molecule has 0 amide bonds. The van der Waals surface area contributed by atoms with Crippen molar-refractivity contribution in [2.45, 2.75) is 19.9 Å². The third-order valence-electron chi connectivity index (χ3n) is 3.84. The highest BCUT2D eigenvalue weighted by Crippen LogP contribution is 2.29. The highest BCUT2D eigenvalue weighted by Gasteiger charge is 2.22. The zero-order chi connectivity index (χ0) is 13.8. The van der Waals surface area contributed by atoms with Crippen LogP contribution >= 0.6 is 12.4 Å². The van der Waals surface area contributed by atoms with Crippen LogP contribution in [0.5, 0.6) is 5.75 Å². The number of hydrogen-bond acceptors (Lipinski definition) is 4. The van der Waals surface area contributed by atoms with Crippen LogP contribution in [0.25, 0.3) is 0 Å². The topological polar surface area (TPSA) is 44.7 Å². The quantitative estimate of drug-likeness (QED) is 0.888. The fraction of sp³-hybridized carbons (Fsp3) is 0.600. The summed E-state index contributed by atoms with van der Waals surface area (Å²) in [7, 11) is 1.70. The maximum Gasteiger partial charge on any atom is 0.124 e. The van der Waals surface area contributed by atoms with Gasteiger partial charge in [0, 0.05) is 26.2 Å². The number of ether oxygens (including phenoxy) is 1. The molecule has 1 aromatic carbocycles. The van der Waals surface area contributed by atoms with Crippen LogP contribution < -0.4 is 10.1 Å². The van der Waals surface area contributed by atoms with E-state index in [0.717, 1.165) is 43.1 Å². The second-order valence-electron chi connectivity index (χ2n) is 5.17. The average Bonchev–Trinajstić information content (AvgIpc) is 2.40. The van der Waals surface area contributed by atoms with Crippen molar-refractivity contribution in [1.82, 2.24) is 10.2 Å². The largest absolute Gasteiger partial charge is 0.496 e. The van der Waals surface area contributed by atoms with Crippen LogP contribution in [0.1, 0.15) is 22.7 Å². The molecule has 1 saturated heterocycles. The molecule has 5 heteroatoms. The third kappa shape index (κ3) is 3.64. The average molecular weight is 301 g/mol. The number of aliphatic hydroxyl groups is 1. The number of benzene rings is 1. The Morgan fingerprint density at radius 1 is 1.25 bits per heavy atom. The fourth-order valence-corrected chi connectivity index (χ4v) is 2.92. The van der Waals surface area contributed by atoms with Gasteiger partial charge in [0.25, 0.3) is 0 Å². The predicted molar refractivity (Wildman–Crippen MR) is 84.0 cm³/mol. The Balaban J connectivity index is 0.00000200. The molecule has 1 fully saturated rings. The molecule has 0 bridgehead atoms. The zero-order valence-electron chi connectivity index (χ0n) is 12.5. The number of methoxy groups -OCH3 is 1. The molecule has 0 aromatic heterocycles. The van der Waals surface area contributed by atoms with Gasteiger partial charge in [0.05, 0.1) is 19.8 Å². The van der Waals surface area contributed by atoms with E-state index in [9.17, 15) is 5.11 Å². The first-order chi connectivity index (χ1) is 9.17. The van der Waals surface area contributed by atoms with Crippen molar-refractivity contribution in [1.29, 1.82) is 0 Å². The smallest absolute Gasteiger partial charge is 0.124 e. The number of nitrogens with one attached hydrogen (secondary N) is 1. The molecule has 0 spiro atoms. The van der Waals surface area contributed by atoms with Gasteiger partial charge in [-0.25, -0.2) is 0 Å². The van der Waals surface area contributed by atoms with E-state index in [2.05, 4.69) is 36.2 Å². The van der Waals surface area contributed by atoms with Gasteiger partial charge in [-0.05, 0) is 30.5 Å². The van der Waals surface area contributed by atoms with Crippen LogP contribution in [0, 0.1) is 13.8 Å². The summed E-state index contributed by atoms with van der Waals surface area (Å²) in [5.74, 6) is 0.945. The van der Waals surface area contributed by atoms with E-state index in [0.29, 0.717) is 0 Å². The molecule has 1 aliphatic heterocycles. The summed E-state index contributed by atoms with van der Waals surface area (Å²) in [5.41, 5.74) is 3.44. The van der Waals surface area contributed by atoms with Crippen LogP contribution in [-0.4, -0.2) is 49.9 Å². The highest BCUT2D eigenvalue weighted by molar-refractivity contribution is 5.85. The van der Waals surface area contributed by atoms with E-state index in [1.807, 2.05) is 0 Å². The lowest BCUT2D eigenvalue weighted by Crippen LogP contribution is -2.46. The van der Waals surface area contributed by atoms with Crippen molar-refractivity contribution < 1.29 is 9.84 Å². The van der Waals surface area contributed by atoms with Gasteiger partial charge in [0.2, 0.25) is 0 Å². The molecule has 0 radical (unpaired) electrons. The summed E-state index contributed by atoms with van der Waals surface area (Å²) < 4.78 is 5.40. The summed E-state index contributed by atoms with van der Waals surface area (Å²) in [6.07, 6.45) is 0. The van der Waals surface area contributed by atoms with Crippen LogP contribution in [0.2, 0.25) is 0 Å². The normalized spacial score (nSPS) is 17.4. The SMILES string of the molecule is COc1c(C)cc([C@@H](CO)N2CCNCC2)cc1C.Cl. The molecule has 0 aliphatic carbocycles. The fourth-order valence-electron chi connectivity index (χ4n) is 2.92. The first-order valence-corrected chi connectivity index (χ1v) is 6.88. The maximum atomic E-state index is 9.75. The van der Waals surface area contributed by atoms with Gasteiger partial charge in [0.15, 0.2) is 0 Å². The molecule has 2 rings (SSSR count). The Morgan fingerprint density at radius 3 is 2.25 bits per heavy atom. The number of piperazine rings is 1. The Hall–Kier alpha value is -0.810. The summed E-state index contributed by atoms with van der Waals surface area (Å²) >= 11 is 0. The molecular weight excluding hydrogens is 276 g/mol. The van der Waals surface area contributed by atoms with E-state index in [-0.39, 0.29) is 25.1 Å². The molecule has 1 aromatic rings. The van der Waals surface area contributed by atoms with Gasteiger partial charge >= 0.3 is 0 Å². The van der Waals surface area contributed by atoms with Gasteiger partial charge in [-0.1, -0.05) is 12.1 Å². The molecule has 1 atom stereocenters. The lowest BCUT2D eigenvalue weighted by atomic mass is 9.99. The summed E-state index contributed by atoms with van der Waals surface area (Å²) in [6.45, 7) is 8.22. The summed E-state index contributed by atoms with van der Waals surface area (Å²) in [4.78, 5) is 2.34. The summed E-state index contributed by atoms with van der Waals surface area (Å²) in [5, 5.41) is 13.1. The minimum Gasteiger partial charge on any atom is -0.496 e. The molecule has 2 N–H and O–H groups in total. The number of halogens is 1. The van der Waals surface area contributed by atoms with Crippen molar-refractivity contribution >= 4 is 12.4 Å². The number of hydrogen-bond donors (Lipinski definition) is 2. The maximum absolute atomic E-state index is 9.75. The van der Waals surface area contributed by atoms with Crippen molar-refractivity contribution in [3.8, 4) is 5.75 Å². The standard InChI is InChI=1S/C15H24N2O2.ClH/c1-11-8-13(9-12(2)15(11)19-3)14(10-18)17-6-4-16-5-7-17;/h8-9,14,16,18H,4-7,10H2,1-3H3;1H/t14-;/m1./s1. The second kappa shape index (κ2) is 7.84. The van der Waals surface area contributed by atoms with Gasteiger partial charge in [0.1, 0.15) is 5.75 Å². The van der Waals surface area contributed by atoms with E-state index in [1.54, 1.807) is 7.11 Å².